The number of nitrogens with zero attached hydrogens (tertiary/aromatic N) is 3. The summed E-state index contributed by atoms with van der Waals surface area (Å²) in [6.07, 6.45) is 8.26. The molecule has 0 atom stereocenters. The van der Waals surface area contributed by atoms with Gasteiger partial charge in [-0.25, -0.2) is 9.78 Å². The molecule has 2 aromatic heterocycles. The molecule has 0 spiro atoms. The van der Waals surface area contributed by atoms with Gasteiger partial charge < -0.3 is 4.74 Å². The number of aromatic amines is 1. The van der Waals surface area contributed by atoms with Gasteiger partial charge in [0.25, 0.3) is 5.56 Å². The molecule has 0 aliphatic heterocycles. The van der Waals surface area contributed by atoms with E-state index in [2.05, 4.69) is 29.2 Å². The van der Waals surface area contributed by atoms with Crippen LogP contribution in [-0.4, -0.2) is 25.3 Å². The molecule has 0 unspecified atom stereocenters. The monoisotopic (exact) mass is 566 g/mol. The van der Waals surface area contributed by atoms with Crippen LogP contribution in [0.2, 0.25) is 0 Å². The van der Waals surface area contributed by atoms with Gasteiger partial charge in [-0.3, -0.25) is 18.9 Å². The molecule has 1 aliphatic rings. The summed E-state index contributed by atoms with van der Waals surface area (Å²) in [5.41, 5.74) is 5.81. The van der Waals surface area contributed by atoms with E-state index in [9.17, 15) is 9.59 Å². The van der Waals surface area contributed by atoms with Crippen LogP contribution in [0.3, 0.4) is 0 Å². The average molecular weight is 567 g/mol. The highest BCUT2D eigenvalue weighted by molar-refractivity contribution is 6.03. The predicted octanol–water partition coefficient (Wildman–Crippen LogP) is 6.59. The molecule has 0 fully saturated rings. The van der Waals surface area contributed by atoms with Crippen LogP contribution in [-0.2, 0) is 19.4 Å². The zero-order valence-corrected chi connectivity index (χ0v) is 25.0. The minimum Gasteiger partial charge on any atom is -0.488 e. The van der Waals surface area contributed by atoms with Crippen molar-refractivity contribution >= 4 is 11.1 Å². The van der Waals surface area contributed by atoms with Crippen molar-refractivity contribution in [2.45, 2.75) is 78.9 Å². The van der Waals surface area contributed by atoms with Gasteiger partial charge in [0.05, 0.1) is 17.8 Å². The lowest BCUT2D eigenvalue weighted by molar-refractivity contribution is 0.131. The number of H-pyrrole nitrogens is 1. The molecule has 8 heteroatoms. The highest BCUT2D eigenvalue weighted by Gasteiger charge is 2.20. The molecule has 218 valence electrons. The van der Waals surface area contributed by atoms with E-state index in [1.807, 2.05) is 80.8 Å². The maximum atomic E-state index is 14.1. The third kappa shape index (κ3) is 6.38. The summed E-state index contributed by atoms with van der Waals surface area (Å²) in [5.74, 6) is 1.42. The Morgan fingerprint density at radius 2 is 1.60 bits per heavy atom. The van der Waals surface area contributed by atoms with Crippen molar-refractivity contribution < 1.29 is 9.26 Å². The molecule has 8 nitrogen and oxygen atoms in total. The molecule has 1 aliphatic carbocycles. The van der Waals surface area contributed by atoms with Crippen LogP contribution in [0.4, 0.5) is 0 Å². The van der Waals surface area contributed by atoms with Crippen LogP contribution >= 0.6 is 0 Å². The second-order valence-corrected chi connectivity index (χ2v) is 11.5. The van der Waals surface area contributed by atoms with E-state index in [0.717, 1.165) is 70.8 Å². The first-order valence-corrected chi connectivity index (χ1v) is 14.6. The summed E-state index contributed by atoms with van der Waals surface area (Å²) in [7, 11) is 0. The summed E-state index contributed by atoms with van der Waals surface area (Å²) in [5, 5.41) is 3.89. The van der Waals surface area contributed by atoms with E-state index in [4.69, 9.17) is 14.2 Å². The molecular weight excluding hydrogens is 528 g/mol. The van der Waals surface area contributed by atoms with Gasteiger partial charge in [0.1, 0.15) is 17.2 Å². The van der Waals surface area contributed by atoms with E-state index in [0.29, 0.717) is 24.4 Å². The van der Waals surface area contributed by atoms with Crippen LogP contribution < -0.4 is 16.1 Å². The largest absolute Gasteiger partial charge is 0.488 e. The molecule has 5 rings (SSSR count). The number of ether oxygens (including phenoxy) is 1. The lowest BCUT2D eigenvalue weighted by Gasteiger charge is -2.21. The smallest absolute Gasteiger partial charge is 0.439 e. The minimum atomic E-state index is -0.573. The zero-order chi connectivity index (χ0) is 29.9. The maximum absolute atomic E-state index is 14.1. The van der Waals surface area contributed by atoms with E-state index < -0.39 is 5.76 Å². The molecule has 0 bridgehead atoms. The van der Waals surface area contributed by atoms with Crippen molar-refractivity contribution in [2.24, 2.45) is 0 Å². The molecule has 0 radical (unpaired) electrons. The van der Waals surface area contributed by atoms with Crippen LogP contribution in [0.5, 0.6) is 5.75 Å². The van der Waals surface area contributed by atoms with Gasteiger partial charge in [-0.2, -0.15) is 0 Å². The Labute approximate surface area is 245 Å². The first kappa shape index (κ1) is 29.0. The van der Waals surface area contributed by atoms with Gasteiger partial charge in [-0.05, 0) is 80.9 Å². The fraction of sp³-hybridized carbons (Fsp3) is 0.353. The van der Waals surface area contributed by atoms with Crippen molar-refractivity contribution in [1.82, 2.24) is 19.7 Å². The fourth-order valence-corrected chi connectivity index (χ4v) is 5.31. The number of aryl methyl sites for hydroxylation is 2. The normalized spacial score (nSPS) is 13.5. The molecule has 0 amide bonds. The Kier molecular flexibility index (Phi) is 8.43. The van der Waals surface area contributed by atoms with Gasteiger partial charge in [-0.15, -0.1) is 0 Å². The van der Waals surface area contributed by atoms with Crippen LogP contribution in [0, 0.1) is 0 Å². The first-order chi connectivity index (χ1) is 20.2. The maximum Gasteiger partial charge on any atom is 0.439 e. The van der Waals surface area contributed by atoms with Gasteiger partial charge in [-0.1, -0.05) is 67.6 Å². The standard InChI is InChI=1S/C34H38N4O4/c1-6-10-29-35-28(7-2)30(24-17-19-25(20-18-24)41-34(3,4)5)32(39)38(29)21-22-13-15-23(16-14-22)26-11-8-9-12-27(26)31-36-33(40)42-37-31/h11-20H,6-10,21H2,1-5H3,(H,36,37,40). The molecular formula is C34H38N4O4. The van der Waals surface area contributed by atoms with Crippen molar-refractivity contribution in [2.75, 3.05) is 0 Å². The number of allylic oxidation sites excluding steroid dienone is 4. The summed E-state index contributed by atoms with van der Waals surface area (Å²) in [4.78, 5) is 33.3. The van der Waals surface area contributed by atoms with Crippen molar-refractivity contribution in [3.05, 3.63) is 110 Å². The first-order valence-electron chi connectivity index (χ1n) is 14.6. The Bertz CT molecular complexity index is 1730. The van der Waals surface area contributed by atoms with Gasteiger partial charge in [0.15, 0.2) is 5.82 Å². The Morgan fingerprint density at radius 1 is 0.929 bits per heavy atom. The lowest BCUT2D eigenvalue weighted by Crippen LogP contribution is -2.29. The molecule has 0 saturated carbocycles. The van der Waals surface area contributed by atoms with E-state index >= 15 is 0 Å². The van der Waals surface area contributed by atoms with E-state index in [1.54, 1.807) is 0 Å². The number of benzene rings is 2. The molecule has 2 heterocycles. The van der Waals surface area contributed by atoms with Gasteiger partial charge in [0.2, 0.25) is 0 Å². The Morgan fingerprint density at radius 3 is 2.19 bits per heavy atom. The summed E-state index contributed by atoms with van der Waals surface area (Å²) in [6.45, 7) is 10.6. The third-order valence-corrected chi connectivity index (χ3v) is 7.15. The van der Waals surface area contributed by atoms with Gasteiger partial charge >= 0.3 is 5.76 Å². The Hall–Kier alpha value is -4.46. The Balaban J connectivity index is 1.47. The molecule has 4 aromatic rings. The summed E-state index contributed by atoms with van der Waals surface area (Å²) >= 11 is 0. The number of hydrogen-bond acceptors (Lipinski definition) is 6. The number of nitrogens with one attached hydrogen (secondary N) is 1. The van der Waals surface area contributed by atoms with Crippen LogP contribution in [0.15, 0.2) is 74.8 Å². The quantitative estimate of drug-likeness (QED) is 0.245. The highest BCUT2D eigenvalue weighted by atomic mass is 16.5. The topological polar surface area (TPSA) is 103 Å². The van der Waals surface area contributed by atoms with Crippen molar-refractivity contribution in [3.8, 4) is 16.9 Å². The highest BCUT2D eigenvalue weighted by Crippen LogP contribution is 2.33. The van der Waals surface area contributed by atoms with E-state index in [1.165, 1.54) is 0 Å². The summed E-state index contributed by atoms with van der Waals surface area (Å²) in [6, 6.07) is 15.9. The molecule has 42 heavy (non-hydrogen) atoms. The minimum absolute atomic E-state index is 0.0333. The second-order valence-electron chi connectivity index (χ2n) is 11.5. The zero-order valence-electron chi connectivity index (χ0n) is 25.0. The molecule has 0 saturated heterocycles. The fourth-order valence-electron chi connectivity index (χ4n) is 5.31. The summed E-state index contributed by atoms with van der Waals surface area (Å²) < 4.78 is 12.5. The van der Waals surface area contributed by atoms with Crippen LogP contribution in [0.25, 0.3) is 22.3 Å². The number of rotatable bonds is 9. The molecule has 1 N–H and O–H groups in total. The second kappa shape index (κ2) is 12.2. The molecule has 2 aromatic carbocycles. The number of hydrogen-bond donors (Lipinski definition) is 1. The van der Waals surface area contributed by atoms with Crippen molar-refractivity contribution in [3.63, 3.8) is 0 Å². The van der Waals surface area contributed by atoms with Crippen molar-refractivity contribution in [1.29, 1.82) is 0 Å². The SMILES string of the molecule is CCCc1nc(CC)c(-c2ccc(OC(C)(C)C)cc2)c(=O)n1Cc1ccc(C2=CCCC=C2c2noc(=O)[nH]2)cc1. The van der Waals surface area contributed by atoms with Gasteiger partial charge in [0, 0.05) is 12.0 Å². The van der Waals surface area contributed by atoms with E-state index in [-0.39, 0.29) is 11.2 Å². The predicted molar refractivity (Wildman–Crippen MR) is 166 cm³/mol. The lowest BCUT2D eigenvalue weighted by atomic mass is 9.91. The van der Waals surface area contributed by atoms with Crippen LogP contribution in [0.1, 0.15) is 82.4 Å². The number of aromatic nitrogens is 4. The third-order valence-electron chi connectivity index (χ3n) is 7.15. The average Bonchev–Trinajstić information content (AvgIpc) is 3.41.